The molecular formula is C32H43N5O3Si. The van der Waals surface area contributed by atoms with Gasteiger partial charge in [-0.25, -0.2) is 4.98 Å². The lowest BCUT2D eigenvalue weighted by molar-refractivity contribution is 0.0697. The summed E-state index contributed by atoms with van der Waals surface area (Å²) < 4.78 is 8.05. The van der Waals surface area contributed by atoms with Gasteiger partial charge in [0.05, 0.1) is 5.69 Å². The van der Waals surface area contributed by atoms with E-state index in [1.807, 2.05) is 54.5 Å². The summed E-state index contributed by atoms with van der Waals surface area (Å²) in [5.74, 6) is 1.17. The van der Waals surface area contributed by atoms with E-state index in [2.05, 4.69) is 42.9 Å². The third-order valence-corrected chi connectivity index (χ3v) is 9.83. The molecule has 0 bridgehead atoms. The second kappa shape index (κ2) is 11.5. The number of hydrogen-bond donors (Lipinski definition) is 1. The van der Waals surface area contributed by atoms with Crippen LogP contribution in [-0.2, 0) is 18.0 Å². The molecule has 1 fully saturated rings. The van der Waals surface area contributed by atoms with Crippen molar-refractivity contribution < 1.29 is 14.3 Å². The third-order valence-electron chi connectivity index (χ3n) is 8.13. The fourth-order valence-electron chi connectivity index (χ4n) is 5.38. The standard InChI is InChI=1S/C32H43N5O3Si/c1-20(2)34-31(38)29-22(4)37(19-40-14-15-41(5,6)7)30(35-29)28-17-25(12-13-33-28)24-10-11-27-26(16-24)18-36(32(27)39)21(3)23-8-9-23/h10-13,16-17,20-21,23H,8-9,14-15,18-19H2,1-7H3,(H,34,38). The number of carbonyl (C=O) groups is 2. The number of amides is 2. The van der Waals surface area contributed by atoms with Gasteiger partial charge in [0.15, 0.2) is 5.82 Å². The maximum Gasteiger partial charge on any atom is 0.271 e. The number of nitrogens with zero attached hydrogens (tertiary/aromatic N) is 4. The number of rotatable bonds is 11. The molecule has 2 amide bonds. The van der Waals surface area contributed by atoms with Gasteiger partial charge < -0.3 is 19.5 Å². The summed E-state index contributed by atoms with van der Waals surface area (Å²) in [6.07, 6.45) is 4.20. The van der Waals surface area contributed by atoms with Crippen molar-refractivity contribution in [2.24, 2.45) is 5.92 Å². The number of carbonyl (C=O) groups excluding carboxylic acids is 2. The molecule has 1 aliphatic carbocycles. The van der Waals surface area contributed by atoms with E-state index in [0.717, 1.165) is 34.0 Å². The monoisotopic (exact) mass is 573 g/mol. The number of pyridine rings is 1. The van der Waals surface area contributed by atoms with Gasteiger partial charge in [0.2, 0.25) is 0 Å². The van der Waals surface area contributed by atoms with Crippen LogP contribution in [0.4, 0.5) is 0 Å². The lowest BCUT2D eigenvalue weighted by atomic mass is 10.0. The Labute approximate surface area is 244 Å². The van der Waals surface area contributed by atoms with Gasteiger partial charge >= 0.3 is 0 Å². The Kier molecular flexibility index (Phi) is 8.21. The molecular weight excluding hydrogens is 530 g/mol. The minimum Gasteiger partial charge on any atom is -0.361 e. The molecule has 3 aromatic rings. The highest BCUT2D eigenvalue weighted by atomic mass is 28.3. The smallest absolute Gasteiger partial charge is 0.271 e. The highest BCUT2D eigenvalue weighted by molar-refractivity contribution is 6.76. The van der Waals surface area contributed by atoms with Crippen LogP contribution in [-0.4, -0.2) is 58.0 Å². The van der Waals surface area contributed by atoms with Crippen LogP contribution in [0.1, 0.15) is 65.7 Å². The minimum atomic E-state index is -1.24. The summed E-state index contributed by atoms with van der Waals surface area (Å²) in [5.41, 5.74) is 5.69. The second-order valence-corrected chi connectivity index (χ2v) is 18.7. The molecule has 8 nitrogen and oxygen atoms in total. The Morgan fingerprint density at radius 2 is 1.85 bits per heavy atom. The van der Waals surface area contributed by atoms with Crippen LogP contribution in [0.5, 0.6) is 0 Å². The van der Waals surface area contributed by atoms with Crippen molar-refractivity contribution in [3.8, 4) is 22.6 Å². The minimum absolute atomic E-state index is 0.000162. The first-order chi connectivity index (χ1) is 19.4. The zero-order chi connectivity index (χ0) is 29.5. The lowest BCUT2D eigenvalue weighted by Gasteiger charge is -2.23. The van der Waals surface area contributed by atoms with E-state index >= 15 is 0 Å². The van der Waals surface area contributed by atoms with Crippen molar-refractivity contribution in [1.82, 2.24) is 24.8 Å². The fourth-order valence-corrected chi connectivity index (χ4v) is 6.14. The zero-order valence-corrected chi connectivity index (χ0v) is 26.5. The van der Waals surface area contributed by atoms with Crippen molar-refractivity contribution in [2.75, 3.05) is 6.61 Å². The molecule has 5 rings (SSSR count). The van der Waals surface area contributed by atoms with Gasteiger partial charge in [-0.3, -0.25) is 14.6 Å². The predicted octanol–water partition coefficient (Wildman–Crippen LogP) is 6.13. The number of benzene rings is 1. The van der Waals surface area contributed by atoms with E-state index in [1.54, 1.807) is 6.20 Å². The Morgan fingerprint density at radius 3 is 2.54 bits per heavy atom. The van der Waals surface area contributed by atoms with Crippen molar-refractivity contribution in [3.05, 3.63) is 59.0 Å². The number of imidazole rings is 1. The number of nitrogens with one attached hydrogen (secondary N) is 1. The van der Waals surface area contributed by atoms with Crippen LogP contribution in [0.15, 0.2) is 36.5 Å². The fraction of sp³-hybridized carbons (Fsp3) is 0.500. The average molecular weight is 574 g/mol. The first-order valence-electron chi connectivity index (χ1n) is 14.8. The first kappa shape index (κ1) is 29.2. The maximum atomic E-state index is 13.1. The van der Waals surface area contributed by atoms with Gasteiger partial charge in [0.1, 0.15) is 18.1 Å². The second-order valence-electron chi connectivity index (χ2n) is 13.1. The van der Waals surface area contributed by atoms with E-state index in [1.165, 1.54) is 12.8 Å². The summed E-state index contributed by atoms with van der Waals surface area (Å²) in [7, 11) is -1.24. The Bertz CT molecular complexity index is 1450. The zero-order valence-electron chi connectivity index (χ0n) is 25.5. The SMILES string of the molecule is Cc1c(C(=O)NC(C)C)nc(-c2cc(-c3ccc4c(c3)CN(C(C)C3CC3)C4=O)ccn2)n1COCC[Si](C)(C)C. The molecule has 0 saturated heterocycles. The van der Waals surface area contributed by atoms with Gasteiger partial charge in [-0.2, -0.15) is 0 Å². The van der Waals surface area contributed by atoms with Crippen molar-refractivity contribution in [1.29, 1.82) is 0 Å². The van der Waals surface area contributed by atoms with Gasteiger partial charge in [0.25, 0.3) is 11.8 Å². The van der Waals surface area contributed by atoms with Gasteiger partial charge in [-0.1, -0.05) is 25.7 Å². The summed E-state index contributed by atoms with van der Waals surface area (Å²) in [6.45, 7) is 16.6. The highest BCUT2D eigenvalue weighted by Crippen LogP contribution is 2.39. The summed E-state index contributed by atoms with van der Waals surface area (Å²) in [5, 5.41) is 2.96. The van der Waals surface area contributed by atoms with Gasteiger partial charge in [-0.05, 0) is 93.5 Å². The molecule has 1 atom stereocenters. The molecule has 218 valence electrons. The molecule has 0 spiro atoms. The van der Waals surface area contributed by atoms with Gasteiger partial charge in [0, 0.05) is 45.1 Å². The molecule has 1 saturated carbocycles. The van der Waals surface area contributed by atoms with Crippen LogP contribution < -0.4 is 5.32 Å². The molecule has 9 heteroatoms. The number of fused-ring (bicyclic) bond motifs is 1. The van der Waals surface area contributed by atoms with E-state index in [9.17, 15) is 9.59 Å². The van der Waals surface area contributed by atoms with Gasteiger partial charge in [-0.15, -0.1) is 0 Å². The number of hydrogen-bond acceptors (Lipinski definition) is 5. The Hall–Kier alpha value is -3.30. The molecule has 0 radical (unpaired) electrons. The highest BCUT2D eigenvalue weighted by Gasteiger charge is 2.38. The van der Waals surface area contributed by atoms with Crippen molar-refractivity contribution in [2.45, 2.75) is 91.6 Å². The molecule has 41 heavy (non-hydrogen) atoms. The van der Waals surface area contributed by atoms with Crippen molar-refractivity contribution in [3.63, 3.8) is 0 Å². The predicted molar refractivity (Wildman–Crippen MR) is 164 cm³/mol. The first-order valence-corrected chi connectivity index (χ1v) is 18.5. The van der Waals surface area contributed by atoms with Crippen LogP contribution in [0.3, 0.4) is 0 Å². The third kappa shape index (κ3) is 6.46. The van der Waals surface area contributed by atoms with E-state index in [0.29, 0.717) is 43.0 Å². The average Bonchev–Trinajstić information content (AvgIpc) is 3.64. The van der Waals surface area contributed by atoms with Crippen LogP contribution in [0.2, 0.25) is 25.7 Å². The summed E-state index contributed by atoms with van der Waals surface area (Å²) in [6, 6.07) is 11.4. The lowest BCUT2D eigenvalue weighted by Crippen LogP contribution is -2.34. The van der Waals surface area contributed by atoms with Crippen LogP contribution in [0.25, 0.3) is 22.6 Å². The maximum absolute atomic E-state index is 13.1. The molecule has 1 N–H and O–H groups in total. The quantitative estimate of drug-likeness (QED) is 0.220. The molecule has 3 heterocycles. The molecule has 2 aromatic heterocycles. The van der Waals surface area contributed by atoms with E-state index < -0.39 is 8.07 Å². The van der Waals surface area contributed by atoms with E-state index in [4.69, 9.17) is 9.72 Å². The summed E-state index contributed by atoms with van der Waals surface area (Å²) in [4.78, 5) is 37.5. The van der Waals surface area contributed by atoms with E-state index in [-0.39, 0.29) is 23.9 Å². The van der Waals surface area contributed by atoms with Crippen molar-refractivity contribution >= 4 is 19.9 Å². The Morgan fingerprint density at radius 1 is 1.12 bits per heavy atom. The molecule has 1 unspecified atom stereocenters. The summed E-state index contributed by atoms with van der Waals surface area (Å²) >= 11 is 0. The van der Waals surface area contributed by atoms with Crippen LogP contribution in [0, 0.1) is 12.8 Å². The normalized spacial score (nSPS) is 15.9. The number of aromatic nitrogens is 3. The number of ether oxygens (including phenoxy) is 1. The van der Waals surface area contributed by atoms with Crippen LogP contribution >= 0.6 is 0 Å². The topological polar surface area (TPSA) is 89.4 Å². The molecule has 1 aliphatic heterocycles. The molecule has 1 aromatic carbocycles. The molecule has 2 aliphatic rings. The largest absolute Gasteiger partial charge is 0.361 e. The Balaban J connectivity index is 1.44.